The number of nitrogens with one attached hydrogen (secondary N) is 1. The van der Waals surface area contributed by atoms with Crippen LogP contribution >= 0.6 is 0 Å². The fraction of sp³-hybridized carbons (Fsp3) is 0.667. The molecule has 1 aromatic heterocycles. The summed E-state index contributed by atoms with van der Waals surface area (Å²) in [7, 11) is 0. The fourth-order valence-electron chi connectivity index (χ4n) is 2.11. The number of rotatable bonds is 4. The number of aromatic nitrogens is 2. The number of piperidine rings is 1. The van der Waals surface area contributed by atoms with E-state index in [1.54, 1.807) is 6.20 Å². The first kappa shape index (κ1) is 12.1. The second-order valence-electron chi connectivity index (χ2n) is 4.38. The average Bonchev–Trinajstić information content (AvgIpc) is 2.40. The van der Waals surface area contributed by atoms with E-state index < -0.39 is 0 Å². The molecule has 0 bridgehead atoms. The van der Waals surface area contributed by atoms with Crippen LogP contribution in [-0.2, 0) is 0 Å². The third kappa shape index (κ3) is 3.06. The van der Waals surface area contributed by atoms with Gasteiger partial charge in [0.25, 0.3) is 0 Å². The molecule has 0 unspecified atom stereocenters. The van der Waals surface area contributed by atoms with Gasteiger partial charge >= 0.3 is 0 Å². The lowest BCUT2D eigenvalue weighted by atomic mass is 9.98. The Balaban J connectivity index is 2.00. The first-order valence-corrected chi connectivity index (χ1v) is 6.26. The van der Waals surface area contributed by atoms with E-state index in [0.29, 0.717) is 18.5 Å². The molecule has 1 aromatic rings. The maximum atomic E-state index is 9.11. The minimum atomic E-state index is 0.306. The fourth-order valence-corrected chi connectivity index (χ4v) is 2.11. The molecule has 2 heterocycles. The van der Waals surface area contributed by atoms with Gasteiger partial charge in [-0.05, 0) is 31.7 Å². The van der Waals surface area contributed by atoms with Crippen LogP contribution in [0.15, 0.2) is 12.3 Å². The molecule has 5 heteroatoms. The van der Waals surface area contributed by atoms with E-state index in [2.05, 4.69) is 20.2 Å². The molecule has 0 aromatic carbocycles. The number of aliphatic hydroxyl groups is 1. The topological polar surface area (TPSA) is 61.3 Å². The van der Waals surface area contributed by atoms with Crippen LogP contribution in [-0.4, -0.2) is 41.3 Å². The molecular formula is C12H20N4O. The van der Waals surface area contributed by atoms with E-state index in [-0.39, 0.29) is 0 Å². The molecule has 0 atom stereocenters. The highest BCUT2D eigenvalue weighted by Crippen LogP contribution is 2.21. The monoisotopic (exact) mass is 236 g/mol. The minimum absolute atomic E-state index is 0.306. The molecule has 0 aliphatic carbocycles. The maximum Gasteiger partial charge on any atom is 0.224 e. The number of hydrogen-bond acceptors (Lipinski definition) is 5. The molecule has 1 saturated heterocycles. The lowest BCUT2D eigenvalue weighted by molar-refractivity contribution is 0.203. The van der Waals surface area contributed by atoms with Gasteiger partial charge in [-0.2, -0.15) is 4.98 Å². The van der Waals surface area contributed by atoms with Crippen molar-refractivity contribution >= 4 is 11.8 Å². The molecule has 0 saturated carbocycles. The summed E-state index contributed by atoms with van der Waals surface area (Å²) >= 11 is 0. The molecule has 1 fully saturated rings. The summed E-state index contributed by atoms with van der Waals surface area (Å²) < 4.78 is 0. The summed E-state index contributed by atoms with van der Waals surface area (Å²) in [5.74, 6) is 2.13. The summed E-state index contributed by atoms with van der Waals surface area (Å²) in [5, 5.41) is 12.2. The normalized spacial score (nSPS) is 17.2. The van der Waals surface area contributed by atoms with Crippen molar-refractivity contribution in [1.29, 1.82) is 0 Å². The largest absolute Gasteiger partial charge is 0.396 e. The van der Waals surface area contributed by atoms with E-state index in [4.69, 9.17) is 5.11 Å². The van der Waals surface area contributed by atoms with Crippen LogP contribution in [0.25, 0.3) is 0 Å². The Morgan fingerprint density at radius 2 is 2.24 bits per heavy atom. The van der Waals surface area contributed by atoms with Crippen molar-refractivity contribution in [2.75, 3.05) is 36.5 Å². The highest BCUT2D eigenvalue weighted by Gasteiger charge is 2.19. The van der Waals surface area contributed by atoms with Gasteiger partial charge in [-0.1, -0.05) is 0 Å². The van der Waals surface area contributed by atoms with E-state index in [0.717, 1.165) is 38.3 Å². The van der Waals surface area contributed by atoms with Crippen LogP contribution in [0.2, 0.25) is 0 Å². The van der Waals surface area contributed by atoms with Gasteiger partial charge in [0.2, 0.25) is 5.95 Å². The third-order valence-electron chi connectivity index (χ3n) is 3.17. The van der Waals surface area contributed by atoms with Gasteiger partial charge in [0.1, 0.15) is 5.82 Å². The average molecular weight is 236 g/mol. The van der Waals surface area contributed by atoms with Gasteiger partial charge in [-0.3, -0.25) is 0 Å². The zero-order valence-electron chi connectivity index (χ0n) is 10.3. The summed E-state index contributed by atoms with van der Waals surface area (Å²) in [6, 6.07) is 1.94. The van der Waals surface area contributed by atoms with Crippen molar-refractivity contribution in [3.8, 4) is 0 Å². The summed E-state index contributed by atoms with van der Waals surface area (Å²) in [6.07, 6.45) is 3.87. The standard InChI is InChI=1S/C12H20N4O/c1-2-13-12-14-6-3-11(15-12)16-7-4-10(9-17)5-8-16/h3,6,10,17H,2,4-5,7-9H2,1H3,(H,13,14,15). The van der Waals surface area contributed by atoms with Crippen LogP contribution < -0.4 is 10.2 Å². The van der Waals surface area contributed by atoms with E-state index in [1.165, 1.54) is 0 Å². The summed E-state index contributed by atoms with van der Waals surface area (Å²) in [5.41, 5.74) is 0. The molecule has 17 heavy (non-hydrogen) atoms. The predicted molar refractivity (Wildman–Crippen MR) is 68.2 cm³/mol. The van der Waals surface area contributed by atoms with Crippen LogP contribution in [0, 0.1) is 5.92 Å². The SMILES string of the molecule is CCNc1nccc(N2CCC(CO)CC2)n1. The highest BCUT2D eigenvalue weighted by atomic mass is 16.3. The van der Waals surface area contributed by atoms with Crippen LogP contribution in [0.3, 0.4) is 0 Å². The van der Waals surface area contributed by atoms with Gasteiger partial charge in [0.15, 0.2) is 0 Å². The summed E-state index contributed by atoms with van der Waals surface area (Å²) in [6.45, 7) is 5.10. The first-order chi connectivity index (χ1) is 8.33. The Kier molecular flexibility index (Phi) is 4.14. The molecule has 5 nitrogen and oxygen atoms in total. The van der Waals surface area contributed by atoms with Crippen molar-refractivity contribution < 1.29 is 5.11 Å². The van der Waals surface area contributed by atoms with Crippen LogP contribution in [0.1, 0.15) is 19.8 Å². The van der Waals surface area contributed by atoms with Crippen molar-refractivity contribution in [3.63, 3.8) is 0 Å². The number of anilines is 2. The van der Waals surface area contributed by atoms with E-state index in [9.17, 15) is 0 Å². The Morgan fingerprint density at radius 1 is 1.47 bits per heavy atom. The molecule has 0 spiro atoms. The van der Waals surface area contributed by atoms with Gasteiger partial charge in [-0.15, -0.1) is 0 Å². The van der Waals surface area contributed by atoms with Crippen molar-refractivity contribution in [3.05, 3.63) is 12.3 Å². The highest BCUT2D eigenvalue weighted by molar-refractivity contribution is 5.42. The number of nitrogens with zero attached hydrogens (tertiary/aromatic N) is 3. The molecule has 1 aliphatic rings. The lowest BCUT2D eigenvalue weighted by Crippen LogP contribution is -2.35. The smallest absolute Gasteiger partial charge is 0.224 e. The molecule has 1 aliphatic heterocycles. The molecule has 94 valence electrons. The minimum Gasteiger partial charge on any atom is -0.396 e. The van der Waals surface area contributed by atoms with Gasteiger partial charge in [0.05, 0.1) is 0 Å². The first-order valence-electron chi connectivity index (χ1n) is 6.26. The molecule has 0 radical (unpaired) electrons. The molecule has 0 amide bonds. The van der Waals surface area contributed by atoms with Crippen molar-refractivity contribution in [2.24, 2.45) is 5.92 Å². The Bertz CT molecular complexity index is 350. The third-order valence-corrected chi connectivity index (χ3v) is 3.17. The molecule has 2 N–H and O–H groups in total. The maximum absolute atomic E-state index is 9.11. The van der Waals surface area contributed by atoms with Crippen molar-refractivity contribution in [2.45, 2.75) is 19.8 Å². The van der Waals surface area contributed by atoms with Crippen molar-refractivity contribution in [1.82, 2.24) is 9.97 Å². The lowest BCUT2D eigenvalue weighted by Gasteiger charge is -2.31. The second kappa shape index (κ2) is 5.82. The number of aliphatic hydroxyl groups excluding tert-OH is 1. The molecular weight excluding hydrogens is 216 g/mol. The Labute approximate surface area is 102 Å². The Hall–Kier alpha value is -1.36. The summed E-state index contributed by atoms with van der Waals surface area (Å²) in [4.78, 5) is 10.9. The van der Waals surface area contributed by atoms with Gasteiger partial charge in [-0.25, -0.2) is 4.98 Å². The second-order valence-corrected chi connectivity index (χ2v) is 4.38. The quantitative estimate of drug-likeness (QED) is 0.820. The number of hydrogen-bond donors (Lipinski definition) is 2. The zero-order chi connectivity index (χ0) is 12.1. The van der Waals surface area contributed by atoms with E-state index >= 15 is 0 Å². The van der Waals surface area contributed by atoms with E-state index in [1.807, 2.05) is 13.0 Å². The molecule has 2 rings (SSSR count). The van der Waals surface area contributed by atoms with Gasteiger partial charge < -0.3 is 15.3 Å². The van der Waals surface area contributed by atoms with Crippen LogP contribution in [0.5, 0.6) is 0 Å². The zero-order valence-corrected chi connectivity index (χ0v) is 10.3. The van der Waals surface area contributed by atoms with Gasteiger partial charge in [0, 0.05) is 32.4 Å². The van der Waals surface area contributed by atoms with Crippen LogP contribution in [0.4, 0.5) is 11.8 Å². The predicted octanol–water partition coefficient (Wildman–Crippen LogP) is 1.12. The Morgan fingerprint density at radius 3 is 2.88 bits per heavy atom.